The fraction of sp³-hybridized carbons (Fsp3) is 0.316. The molecule has 8 heteroatoms. The summed E-state index contributed by atoms with van der Waals surface area (Å²) < 4.78 is 0. The lowest BCUT2D eigenvalue weighted by molar-refractivity contribution is 0.0527. The molecule has 8 nitrogen and oxygen atoms in total. The molecule has 2 unspecified atom stereocenters. The van der Waals surface area contributed by atoms with Gasteiger partial charge in [-0.25, -0.2) is 4.85 Å². The molecular formula is C38H32N4O4. The first kappa shape index (κ1) is 29.4. The van der Waals surface area contributed by atoms with Gasteiger partial charge in [-0.3, -0.25) is 29.0 Å². The van der Waals surface area contributed by atoms with Crippen LogP contribution in [-0.4, -0.2) is 45.5 Å². The zero-order valence-electron chi connectivity index (χ0n) is 26.3. The quantitative estimate of drug-likeness (QED) is 0.0760. The van der Waals surface area contributed by atoms with Gasteiger partial charge in [0.05, 0.1) is 18.2 Å². The van der Waals surface area contributed by atoms with E-state index >= 15 is 0 Å². The highest BCUT2D eigenvalue weighted by molar-refractivity contribution is 6.43. The summed E-state index contributed by atoms with van der Waals surface area (Å²) in [6.45, 7) is 16.1. The number of hydrogen-bond acceptors (Lipinski definition) is 5. The first-order chi connectivity index (χ1) is 22.2. The van der Waals surface area contributed by atoms with Gasteiger partial charge in [0, 0.05) is 50.5 Å². The Morgan fingerprint density at radius 1 is 0.674 bits per heavy atom. The van der Waals surface area contributed by atoms with Crippen molar-refractivity contribution in [1.29, 1.82) is 5.26 Å². The number of fused-ring (bicyclic) bond motifs is 2. The molecule has 0 aromatic heterocycles. The smallest absolute Gasteiger partial charge is 0.261 e. The van der Waals surface area contributed by atoms with Gasteiger partial charge in [-0.2, -0.15) is 5.26 Å². The van der Waals surface area contributed by atoms with Gasteiger partial charge in [0.1, 0.15) is 0 Å². The molecule has 0 aliphatic carbocycles. The lowest BCUT2D eigenvalue weighted by Crippen LogP contribution is -2.46. The second kappa shape index (κ2) is 10.6. The maximum Gasteiger partial charge on any atom is 0.261 e. The number of amides is 4. The Labute approximate surface area is 266 Å². The summed E-state index contributed by atoms with van der Waals surface area (Å²) in [5, 5.41) is 14.8. The number of carbonyl (C=O) groups is 4. The van der Waals surface area contributed by atoms with Crippen LogP contribution in [0.2, 0.25) is 0 Å². The molecule has 4 amide bonds. The van der Waals surface area contributed by atoms with Crippen LogP contribution in [0.4, 0.5) is 5.69 Å². The van der Waals surface area contributed by atoms with Crippen LogP contribution >= 0.6 is 0 Å². The molecule has 0 N–H and O–H groups in total. The molecule has 2 aliphatic rings. The van der Waals surface area contributed by atoms with E-state index < -0.39 is 11.8 Å². The highest BCUT2D eigenvalue weighted by Crippen LogP contribution is 2.50. The average Bonchev–Trinajstić information content (AvgIpc) is 3.06. The molecule has 0 bridgehead atoms. The maximum absolute atomic E-state index is 14.0. The van der Waals surface area contributed by atoms with E-state index in [1.165, 1.54) is 9.80 Å². The van der Waals surface area contributed by atoms with E-state index in [-0.39, 0.29) is 46.3 Å². The lowest BCUT2D eigenvalue weighted by Gasteiger charge is -2.34. The zero-order valence-corrected chi connectivity index (χ0v) is 26.3. The van der Waals surface area contributed by atoms with Crippen LogP contribution in [0.1, 0.15) is 113 Å². The van der Waals surface area contributed by atoms with Gasteiger partial charge in [0.2, 0.25) is 0 Å². The molecular weight excluding hydrogens is 576 g/mol. The molecule has 7 rings (SSSR count). The molecule has 2 heterocycles. The summed E-state index contributed by atoms with van der Waals surface area (Å²) in [5.74, 6) is -1.62. The van der Waals surface area contributed by atoms with Crippen molar-refractivity contribution in [3.05, 3.63) is 75.6 Å². The first-order valence-electron chi connectivity index (χ1n) is 16.0. The molecule has 5 aromatic rings. The van der Waals surface area contributed by atoms with Crippen LogP contribution < -0.4 is 0 Å². The predicted molar refractivity (Wildman–Crippen MR) is 178 cm³/mol. The molecule has 0 fully saturated rings. The lowest BCUT2D eigenvalue weighted by atomic mass is 9.80. The van der Waals surface area contributed by atoms with Crippen molar-refractivity contribution in [3.63, 3.8) is 0 Å². The summed E-state index contributed by atoms with van der Waals surface area (Å²) in [4.78, 5) is 62.4. The highest BCUT2D eigenvalue weighted by atomic mass is 16.2. The Bertz CT molecular complexity index is 2150. The van der Waals surface area contributed by atoms with E-state index in [2.05, 4.69) is 17.8 Å². The van der Waals surface area contributed by atoms with Crippen LogP contribution in [0.5, 0.6) is 0 Å². The number of nitriles is 1. The standard InChI is InChI=1S/C38H32N4O4/c1-6-8-10-19(3)41-35(43)24-14-12-22-29-21(18-39)16-26-32-27(38(46)42(37(26)45)20(4)11-9-7-2)17-28(40-5)33(34(29)32)23-13-15-25(36(41)44)31(24)30(22)23/h12-17,19-20H,6-11H2,1-4H3. The largest absolute Gasteiger partial charge is 0.272 e. The van der Waals surface area contributed by atoms with Gasteiger partial charge in [-0.05, 0) is 77.9 Å². The van der Waals surface area contributed by atoms with Crippen molar-refractivity contribution in [1.82, 2.24) is 9.80 Å². The van der Waals surface area contributed by atoms with Crippen molar-refractivity contribution in [3.8, 4) is 6.07 Å². The normalized spacial score (nSPS) is 15.8. The SMILES string of the molecule is [C-]#[N+]c1cc2c3c(cc(C#N)c4c5ccc6c7c(ccc(c1c34)c75)C(=O)N(C(C)CCCC)C6=O)C(=O)N(C(C)CCCC)C2=O. The van der Waals surface area contributed by atoms with E-state index in [0.717, 1.165) is 25.7 Å². The van der Waals surface area contributed by atoms with Gasteiger partial charge in [-0.1, -0.05) is 51.7 Å². The topological polar surface area (TPSA) is 103 Å². The van der Waals surface area contributed by atoms with E-state index in [1.807, 2.05) is 20.8 Å². The van der Waals surface area contributed by atoms with E-state index in [9.17, 15) is 24.4 Å². The van der Waals surface area contributed by atoms with E-state index in [4.69, 9.17) is 6.57 Å². The second-order valence-corrected chi connectivity index (χ2v) is 12.7. The van der Waals surface area contributed by atoms with Crippen LogP contribution in [0, 0.1) is 17.9 Å². The summed E-state index contributed by atoms with van der Waals surface area (Å²) in [6.07, 6.45) is 4.96. The third kappa shape index (κ3) is 3.77. The number of carbonyl (C=O) groups excluding carboxylic acids is 4. The van der Waals surface area contributed by atoms with Crippen molar-refractivity contribution in [2.24, 2.45) is 0 Å². The third-order valence-electron chi connectivity index (χ3n) is 9.95. The highest BCUT2D eigenvalue weighted by Gasteiger charge is 2.40. The fourth-order valence-corrected chi connectivity index (χ4v) is 7.72. The van der Waals surface area contributed by atoms with Gasteiger partial charge < -0.3 is 0 Å². The molecule has 0 saturated heterocycles. The molecule has 0 radical (unpaired) electrons. The number of unbranched alkanes of at least 4 members (excludes halogenated alkanes) is 2. The summed E-state index contributed by atoms with van der Waals surface area (Å²) in [6, 6.07) is 11.8. The summed E-state index contributed by atoms with van der Waals surface area (Å²) >= 11 is 0. The maximum atomic E-state index is 14.0. The number of hydrogen-bond donors (Lipinski definition) is 0. The Morgan fingerprint density at radius 3 is 1.65 bits per heavy atom. The van der Waals surface area contributed by atoms with E-state index in [0.29, 0.717) is 67.1 Å². The van der Waals surface area contributed by atoms with Crippen molar-refractivity contribution < 1.29 is 19.2 Å². The first-order valence-corrected chi connectivity index (χ1v) is 16.0. The van der Waals surface area contributed by atoms with Gasteiger partial charge in [-0.15, -0.1) is 0 Å². The van der Waals surface area contributed by atoms with Gasteiger partial charge in [0.15, 0.2) is 5.69 Å². The number of imide groups is 2. The van der Waals surface area contributed by atoms with Gasteiger partial charge in [0.25, 0.3) is 23.6 Å². The Hall–Kier alpha value is -5.34. The Morgan fingerprint density at radius 2 is 1.15 bits per heavy atom. The van der Waals surface area contributed by atoms with Crippen LogP contribution in [0.25, 0.3) is 47.9 Å². The molecule has 46 heavy (non-hydrogen) atoms. The average molecular weight is 609 g/mol. The Kier molecular flexibility index (Phi) is 6.79. The molecule has 2 aliphatic heterocycles. The minimum absolute atomic E-state index is 0.211. The summed E-state index contributed by atoms with van der Waals surface area (Å²) in [5.41, 5.74) is 1.78. The van der Waals surface area contributed by atoms with E-state index in [1.54, 1.807) is 36.4 Å². The van der Waals surface area contributed by atoms with Crippen LogP contribution in [0.3, 0.4) is 0 Å². The van der Waals surface area contributed by atoms with Crippen LogP contribution in [0.15, 0.2) is 36.4 Å². The second-order valence-electron chi connectivity index (χ2n) is 12.7. The number of nitrogens with zero attached hydrogens (tertiary/aromatic N) is 4. The zero-order chi connectivity index (χ0) is 32.6. The minimum Gasteiger partial charge on any atom is -0.272 e. The van der Waals surface area contributed by atoms with Crippen molar-refractivity contribution >= 4 is 72.4 Å². The molecule has 228 valence electrons. The van der Waals surface area contributed by atoms with Crippen molar-refractivity contribution in [2.75, 3.05) is 0 Å². The monoisotopic (exact) mass is 608 g/mol. The molecule has 2 atom stereocenters. The molecule has 0 saturated carbocycles. The number of rotatable bonds is 8. The Balaban J connectivity index is 1.59. The van der Waals surface area contributed by atoms with Gasteiger partial charge >= 0.3 is 0 Å². The summed E-state index contributed by atoms with van der Waals surface area (Å²) in [7, 11) is 0. The third-order valence-corrected chi connectivity index (χ3v) is 9.95. The fourth-order valence-electron chi connectivity index (χ4n) is 7.72. The van der Waals surface area contributed by atoms with Crippen LogP contribution in [-0.2, 0) is 0 Å². The molecule has 0 spiro atoms. The molecule has 5 aromatic carbocycles. The minimum atomic E-state index is -0.449. The van der Waals surface area contributed by atoms with Crippen molar-refractivity contribution in [2.45, 2.75) is 78.3 Å². The number of benzene rings is 5. The predicted octanol–water partition coefficient (Wildman–Crippen LogP) is 8.51.